The third-order valence-corrected chi connectivity index (χ3v) is 8.17. The summed E-state index contributed by atoms with van der Waals surface area (Å²) in [6.45, 7) is 2.54. The molecule has 1 aliphatic rings. The largest absolute Gasteiger partial charge is 0.493 e. The van der Waals surface area contributed by atoms with Crippen LogP contribution in [0.1, 0.15) is 71.1 Å². The van der Waals surface area contributed by atoms with Crippen molar-refractivity contribution in [3.05, 3.63) is 24.3 Å². The Morgan fingerprint density at radius 3 is 1.94 bits per heavy atom. The second kappa shape index (κ2) is 13.2. The number of rotatable bonds is 15. The molecule has 3 aromatic rings. The molecule has 36 heavy (non-hydrogen) atoms. The summed E-state index contributed by atoms with van der Waals surface area (Å²) in [4.78, 5) is 1.22. The quantitative estimate of drug-likeness (QED) is 0.115. The van der Waals surface area contributed by atoms with Gasteiger partial charge in [-0.15, -0.1) is 11.8 Å². The van der Waals surface area contributed by atoms with Crippen molar-refractivity contribution < 1.29 is 23.7 Å². The number of benzene rings is 3. The molecule has 196 valence electrons. The van der Waals surface area contributed by atoms with Crippen LogP contribution in [0.5, 0.6) is 28.7 Å². The molecule has 0 saturated carbocycles. The summed E-state index contributed by atoms with van der Waals surface area (Å²) in [5, 5.41) is 4.38. The van der Waals surface area contributed by atoms with E-state index in [1.54, 1.807) is 21.3 Å². The van der Waals surface area contributed by atoms with Gasteiger partial charge in [0.1, 0.15) is 0 Å². The van der Waals surface area contributed by atoms with Crippen molar-refractivity contribution in [2.45, 2.75) is 76.0 Å². The van der Waals surface area contributed by atoms with E-state index in [-0.39, 0.29) is 6.79 Å². The maximum Gasteiger partial charge on any atom is 0.231 e. The molecule has 0 aromatic heterocycles. The standard InChI is InChI=1S/C30H40O5S/c1-5-6-7-8-9-10-11-12-13-14-15-36-30-22-18-26-25(34-20-35-26)17-21(22)16-23-24(30)19-27(31-2)29(33-4)28(23)32-3/h16-19H,5-15,20H2,1-4H3. The Bertz CT molecular complexity index is 1160. The monoisotopic (exact) mass is 512 g/mol. The normalized spacial score (nSPS) is 12.4. The molecule has 0 unspecified atom stereocenters. The molecule has 3 aromatic carbocycles. The predicted octanol–water partition coefficient (Wildman–Crippen LogP) is 8.76. The summed E-state index contributed by atoms with van der Waals surface area (Å²) in [6, 6.07) is 8.40. The highest BCUT2D eigenvalue weighted by atomic mass is 32.2. The molecule has 0 atom stereocenters. The summed E-state index contributed by atoms with van der Waals surface area (Å²) in [7, 11) is 4.99. The molecule has 0 amide bonds. The molecule has 0 N–H and O–H groups in total. The van der Waals surface area contributed by atoms with Crippen molar-refractivity contribution >= 4 is 33.3 Å². The second-order valence-corrected chi connectivity index (χ2v) is 10.5. The Labute approximate surface area is 219 Å². The highest BCUT2D eigenvalue weighted by Gasteiger charge is 2.22. The van der Waals surface area contributed by atoms with Crippen LogP contribution in [0.2, 0.25) is 0 Å². The molecule has 1 aliphatic heterocycles. The minimum absolute atomic E-state index is 0.261. The van der Waals surface area contributed by atoms with E-state index < -0.39 is 0 Å². The molecule has 0 spiro atoms. The highest BCUT2D eigenvalue weighted by Crippen LogP contribution is 2.49. The SMILES string of the molecule is CCCCCCCCCCCCSc1c2cc3c(cc2cc2c(OC)c(OC)c(OC)cc12)OCO3. The molecule has 0 bridgehead atoms. The summed E-state index contributed by atoms with van der Waals surface area (Å²) in [6.07, 6.45) is 13.4. The molecule has 4 rings (SSSR count). The minimum Gasteiger partial charge on any atom is -0.493 e. The lowest BCUT2D eigenvalue weighted by molar-refractivity contribution is 0.174. The summed E-state index contributed by atoms with van der Waals surface area (Å²) in [5.74, 6) is 4.62. The predicted molar refractivity (Wildman–Crippen MR) is 150 cm³/mol. The number of ether oxygens (including phenoxy) is 5. The van der Waals surface area contributed by atoms with Crippen LogP contribution in [0.4, 0.5) is 0 Å². The average molecular weight is 513 g/mol. The molecular weight excluding hydrogens is 472 g/mol. The summed E-state index contributed by atoms with van der Waals surface area (Å²) < 4.78 is 28.5. The van der Waals surface area contributed by atoms with Crippen molar-refractivity contribution in [3.8, 4) is 28.7 Å². The fourth-order valence-electron chi connectivity index (χ4n) is 5.00. The van der Waals surface area contributed by atoms with E-state index in [0.29, 0.717) is 17.2 Å². The van der Waals surface area contributed by atoms with Gasteiger partial charge in [-0.2, -0.15) is 0 Å². The second-order valence-electron chi connectivity index (χ2n) is 9.40. The molecular formula is C30H40O5S. The van der Waals surface area contributed by atoms with E-state index in [2.05, 4.69) is 31.2 Å². The lowest BCUT2D eigenvalue weighted by Crippen LogP contribution is -1.97. The van der Waals surface area contributed by atoms with E-state index >= 15 is 0 Å². The van der Waals surface area contributed by atoms with Crippen LogP contribution in [0.25, 0.3) is 21.5 Å². The smallest absolute Gasteiger partial charge is 0.231 e. The molecule has 0 aliphatic carbocycles. The van der Waals surface area contributed by atoms with Crippen LogP contribution in [0.3, 0.4) is 0 Å². The number of thioether (sulfide) groups is 1. The fraction of sp³-hybridized carbons (Fsp3) is 0.533. The van der Waals surface area contributed by atoms with Gasteiger partial charge in [-0.05, 0) is 47.2 Å². The Kier molecular flexibility index (Phi) is 9.74. The Hall–Kier alpha value is -2.47. The maximum absolute atomic E-state index is 5.83. The van der Waals surface area contributed by atoms with Crippen LogP contribution in [-0.2, 0) is 0 Å². The first-order valence-electron chi connectivity index (χ1n) is 13.3. The zero-order valence-corrected chi connectivity index (χ0v) is 23.1. The molecule has 0 fully saturated rings. The van der Waals surface area contributed by atoms with Gasteiger partial charge in [0.25, 0.3) is 0 Å². The summed E-state index contributed by atoms with van der Waals surface area (Å²) in [5.41, 5.74) is 0. The zero-order valence-electron chi connectivity index (χ0n) is 22.2. The van der Waals surface area contributed by atoms with Crippen LogP contribution in [0, 0.1) is 0 Å². The number of fused-ring (bicyclic) bond motifs is 3. The van der Waals surface area contributed by atoms with Gasteiger partial charge in [-0.25, -0.2) is 0 Å². The van der Waals surface area contributed by atoms with Gasteiger partial charge < -0.3 is 23.7 Å². The lowest BCUT2D eigenvalue weighted by atomic mass is 10.0. The van der Waals surface area contributed by atoms with Crippen LogP contribution in [0.15, 0.2) is 29.2 Å². The molecule has 5 nitrogen and oxygen atoms in total. The first kappa shape index (κ1) is 26.6. The van der Waals surface area contributed by atoms with Gasteiger partial charge >= 0.3 is 0 Å². The van der Waals surface area contributed by atoms with Crippen molar-refractivity contribution in [2.24, 2.45) is 0 Å². The third kappa shape index (κ3) is 5.91. The molecule has 0 radical (unpaired) electrons. The number of hydrogen-bond donors (Lipinski definition) is 0. The van der Waals surface area contributed by atoms with Gasteiger partial charge in [0.15, 0.2) is 23.0 Å². The summed E-state index contributed by atoms with van der Waals surface area (Å²) >= 11 is 1.91. The van der Waals surface area contributed by atoms with Gasteiger partial charge in [-0.3, -0.25) is 0 Å². The third-order valence-electron chi connectivity index (χ3n) is 6.95. The van der Waals surface area contributed by atoms with Crippen LogP contribution >= 0.6 is 11.8 Å². The number of hydrogen-bond acceptors (Lipinski definition) is 6. The van der Waals surface area contributed by atoms with Crippen molar-refractivity contribution in [1.82, 2.24) is 0 Å². The number of methoxy groups -OCH3 is 3. The van der Waals surface area contributed by atoms with Crippen molar-refractivity contribution in [1.29, 1.82) is 0 Å². The van der Waals surface area contributed by atoms with Crippen LogP contribution in [-0.4, -0.2) is 33.9 Å². The van der Waals surface area contributed by atoms with Gasteiger partial charge in [0.05, 0.1) is 21.3 Å². The zero-order chi connectivity index (χ0) is 25.3. The van der Waals surface area contributed by atoms with Gasteiger partial charge in [0, 0.05) is 15.7 Å². The van der Waals surface area contributed by atoms with E-state index in [1.807, 2.05) is 11.8 Å². The lowest BCUT2D eigenvalue weighted by Gasteiger charge is -2.18. The van der Waals surface area contributed by atoms with E-state index in [4.69, 9.17) is 23.7 Å². The fourth-order valence-corrected chi connectivity index (χ4v) is 6.21. The van der Waals surface area contributed by atoms with Crippen molar-refractivity contribution in [2.75, 3.05) is 33.9 Å². The average Bonchev–Trinajstić information content (AvgIpc) is 3.36. The Morgan fingerprint density at radius 2 is 1.31 bits per heavy atom. The number of unbranched alkanes of at least 4 members (excludes halogenated alkanes) is 9. The van der Waals surface area contributed by atoms with Gasteiger partial charge in [0.2, 0.25) is 12.5 Å². The van der Waals surface area contributed by atoms with Gasteiger partial charge in [-0.1, -0.05) is 64.7 Å². The van der Waals surface area contributed by atoms with E-state index in [1.165, 1.54) is 69.1 Å². The topological polar surface area (TPSA) is 46.2 Å². The first-order valence-corrected chi connectivity index (χ1v) is 14.3. The molecule has 1 heterocycles. The van der Waals surface area contributed by atoms with Crippen LogP contribution < -0.4 is 23.7 Å². The van der Waals surface area contributed by atoms with E-state index in [0.717, 1.165) is 38.8 Å². The molecule has 6 heteroatoms. The highest BCUT2D eigenvalue weighted by molar-refractivity contribution is 7.99. The maximum atomic E-state index is 5.83. The Morgan fingerprint density at radius 1 is 0.667 bits per heavy atom. The Balaban J connectivity index is 1.54. The molecule has 0 saturated heterocycles. The van der Waals surface area contributed by atoms with E-state index in [9.17, 15) is 0 Å². The first-order chi connectivity index (χ1) is 17.7. The van der Waals surface area contributed by atoms with Crippen molar-refractivity contribution in [3.63, 3.8) is 0 Å². The minimum atomic E-state index is 0.261.